The number of hydrogen-bond acceptors (Lipinski definition) is 2. The highest BCUT2D eigenvalue weighted by atomic mass is 16.5. The van der Waals surface area contributed by atoms with Gasteiger partial charge in [-0.15, -0.1) is 0 Å². The average molecular weight is 319 g/mol. The third kappa shape index (κ3) is 1.90. The first-order valence-electron chi connectivity index (χ1n) is 9.54. The maximum atomic E-state index is 6.06. The molecular formula is C19H33N3O. The van der Waals surface area contributed by atoms with Crippen LogP contribution >= 0.6 is 0 Å². The van der Waals surface area contributed by atoms with E-state index in [1.165, 1.54) is 25.7 Å². The Hall–Kier alpha value is -0.770. The van der Waals surface area contributed by atoms with Crippen LogP contribution < -0.4 is 5.32 Å². The van der Waals surface area contributed by atoms with Crippen LogP contribution in [0, 0.1) is 16.7 Å². The molecule has 2 saturated carbocycles. The summed E-state index contributed by atoms with van der Waals surface area (Å²) < 4.78 is 6.06. The van der Waals surface area contributed by atoms with Crippen molar-refractivity contribution in [1.82, 2.24) is 10.2 Å². The van der Waals surface area contributed by atoms with Crippen molar-refractivity contribution in [3.63, 3.8) is 0 Å². The second-order valence-corrected chi connectivity index (χ2v) is 9.28. The zero-order valence-corrected chi connectivity index (χ0v) is 15.5. The maximum absolute atomic E-state index is 6.06. The minimum absolute atomic E-state index is 0.163. The summed E-state index contributed by atoms with van der Waals surface area (Å²) >= 11 is 0. The molecule has 1 spiro atoms. The monoisotopic (exact) mass is 319 g/mol. The Balaban J connectivity index is 1.53. The van der Waals surface area contributed by atoms with Gasteiger partial charge in [0.15, 0.2) is 5.96 Å². The molecule has 2 aliphatic carbocycles. The topological polar surface area (TPSA) is 36.9 Å². The van der Waals surface area contributed by atoms with E-state index in [1.807, 2.05) is 0 Å². The van der Waals surface area contributed by atoms with Gasteiger partial charge in [-0.1, -0.05) is 20.3 Å². The number of ether oxygens (including phenoxy) is 1. The standard InChI is InChI=1S/C19H33N3O/c1-6-20-16(22-12-17(2,3)18(22,4)5)21-14-13-8-11-23-15(13)19(14)9-7-10-19/h13-15H,6-12H2,1-5H3,(H,20,21). The van der Waals surface area contributed by atoms with E-state index >= 15 is 0 Å². The Morgan fingerprint density at radius 1 is 1.26 bits per heavy atom. The summed E-state index contributed by atoms with van der Waals surface area (Å²) in [6.45, 7) is 14.5. The molecule has 2 saturated heterocycles. The molecule has 4 fully saturated rings. The highest BCUT2D eigenvalue weighted by molar-refractivity contribution is 5.82. The van der Waals surface area contributed by atoms with Crippen LogP contribution in [0.3, 0.4) is 0 Å². The minimum Gasteiger partial charge on any atom is -0.377 e. The van der Waals surface area contributed by atoms with Crippen molar-refractivity contribution in [1.29, 1.82) is 0 Å². The average Bonchev–Trinajstić information content (AvgIpc) is 2.84. The fourth-order valence-electron chi connectivity index (χ4n) is 5.35. The van der Waals surface area contributed by atoms with Crippen molar-refractivity contribution in [2.75, 3.05) is 19.7 Å². The van der Waals surface area contributed by atoms with Crippen LogP contribution in [-0.2, 0) is 4.74 Å². The summed E-state index contributed by atoms with van der Waals surface area (Å²) in [6.07, 6.45) is 5.78. The predicted octanol–water partition coefficient (Wildman–Crippen LogP) is 3.03. The van der Waals surface area contributed by atoms with Gasteiger partial charge in [-0.3, -0.25) is 4.99 Å². The lowest BCUT2D eigenvalue weighted by Crippen LogP contribution is -2.77. The van der Waals surface area contributed by atoms with Crippen LogP contribution in [0.4, 0.5) is 0 Å². The molecule has 130 valence electrons. The Morgan fingerprint density at radius 3 is 2.52 bits per heavy atom. The van der Waals surface area contributed by atoms with Crippen molar-refractivity contribution < 1.29 is 4.74 Å². The number of hydrogen-bond donors (Lipinski definition) is 1. The van der Waals surface area contributed by atoms with E-state index in [1.54, 1.807) is 0 Å². The number of guanidine groups is 1. The Labute approximate surface area is 141 Å². The normalized spacial score (nSPS) is 39.3. The number of fused-ring (bicyclic) bond motifs is 2. The van der Waals surface area contributed by atoms with Gasteiger partial charge >= 0.3 is 0 Å². The molecule has 4 nitrogen and oxygen atoms in total. The number of rotatable bonds is 2. The lowest BCUT2D eigenvalue weighted by molar-refractivity contribution is -0.173. The number of aliphatic imine (C=N–C) groups is 1. The van der Waals surface area contributed by atoms with Gasteiger partial charge < -0.3 is 15.0 Å². The quantitative estimate of drug-likeness (QED) is 0.628. The van der Waals surface area contributed by atoms with E-state index in [9.17, 15) is 0 Å². The Kier molecular flexibility index (Phi) is 3.33. The molecular weight excluding hydrogens is 286 g/mol. The summed E-state index contributed by atoms with van der Waals surface area (Å²) in [7, 11) is 0. The predicted molar refractivity (Wildman–Crippen MR) is 93.6 cm³/mol. The molecule has 3 unspecified atom stereocenters. The fourth-order valence-corrected chi connectivity index (χ4v) is 5.35. The van der Waals surface area contributed by atoms with E-state index in [2.05, 4.69) is 44.8 Å². The first kappa shape index (κ1) is 15.7. The van der Waals surface area contributed by atoms with Gasteiger partial charge in [0.2, 0.25) is 0 Å². The van der Waals surface area contributed by atoms with Gasteiger partial charge in [0.05, 0.1) is 6.10 Å². The molecule has 0 aromatic rings. The first-order chi connectivity index (χ1) is 10.8. The van der Waals surface area contributed by atoms with Crippen LogP contribution in [0.1, 0.15) is 60.3 Å². The fraction of sp³-hybridized carbons (Fsp3) is 0.947. The van der Waals surface area contributed by atoms with Crippen molar-refractivity contribution in [2.24, 2.45) is 21.7 Å². The molecule has 4 heteroatoms. The smallest absolute Gasteiger partial charge is 0.194 e. The molecule has 4 aliphatic rings. The lowest BCUT2D eigenvalue weighted by Gasteiger charge is -2.66. The molecule has 0 aromatic heterocycles. The van der Waals surface area contributed by atoms with Crippen LogP contribution in [-0.4, -0.2) is 48.2 Å². The molecule has 0 aromatic carbocycles. The Bertz CT molecular complexity index is 521. The largest absolute Gasteiger partial charge is 0.377 e. The van der Waals surface area contributed by atoms with Gasteiger partial charge in [0.25, 0.3) is 0 Å². The maximum Gasteiger partial charge on any atom is 0.194 e. The van der Waals surface area contributed by atoms with E-state index in [0.717, 1.165) is 25.7 Å². The number of nitrogens with zero attached hydrogens (tertiary/aromatic N) is 2. The highest BCUT2D eigenvalue weighted by Crippen LogP contribution is 2.63. The second kappa shape index (κ2) is 4.87. The summed E-state index contributed by atoms with van der Waals surface area (Å²) in [5.41, 5.74) is 0.923. The first-order valence-corrected chi connectivity index (χ1v) is 9.54. The summed E-state index contributed by atoms with van der Waals surface area (Å²) in [5.74, 6) is 1.84. The molecule has 2 aliphatic heterocycles. The van der Waals surface area contributed by atoms with E-state index in [-0.39, 0.29) is 5.54 Å². The molecule has 0 bridgehead atoms. The zero-order chi connectivity index (χ0) is 16.5. The van der Waals surface area contributed by atoms with Crippen LogP contribution in [0.15, 0.2) is 4.99 Å². The van der Waals surface area contributed by atoms with Gasteiger partial charge in [-0.25, -0.2) is 0 Å². The van der Waals surface area contributed by atoms with Crippen LogP contribution in [0.2, 0.25) is 0 Å². The van der Waals surface area contributed by atoms with Gasteiger partial charge in [0, 0.05) is 48.0 Å². The zero-order valence-electron chi connectivity index (χ0n) is 15.5. The van der Waals surface area contributed by atoms with E-state index in [0.29, 0.717) is 28.9 Å². The molecule has 0 radical (unpaired) electrons. The minimum atomic E-state index is 0.163. The molecule has 23 heavy (non-hydrogen) atoms. The highest BCUT2D eigenvalue weighted by Gasteiger charge is 2.67. The second-order valence-electron chi connectivity index (χ2n) is 9.28. The summed E-state index contributed by atoms with van der Waals surface area (Å²) in [6, 6.07) is 0.577. The Morgan fingerprint density at radius 2 is 2.00 bits per heavy atom. The third-order valence-corrected chi connectivity index (χ3v) is 7.77. The number of nitrogens with one attached hydrogen (secondary N) is 1. The van der Waals surface area contributed by atoms with Gasteiger partial charge in [-0.2, -0.15) is 0 Å². The van der Waals surface area contributed by atoms with Crippen molar-refractivity contribution in [3.05, 3.63) is 0 Å². The molecule has 3 atom stereocenters. The lowest BCUT2D eigenvalue weighted by atomic mass is 9.46. The summed E-state index contributed by atoms with van der Waals surface area (Å²) in [4.78, 5) is 7.35. The van der Waals surface area contributed by atoms with Crippen LogP contribution in [0.5, 0.6) is 0 Å². The number of likely N-dealkylation sites (tertiary alicyclic amines) is 1. The summed E-state index contributed by atoms with van der Waals surface area (Å²) in [5, 5.41) is 3.91. The third-order valence-electron chi connectivity index (χ3n) is 7.77. The molecule has 4 rings (SSSR count). The van der Waals surface area contributed by atoms with Gasteiger partial charge in [0.1, 0.15) is 0 Å². The molecule has 0 amide bonds. The molecule has 1 N–H and O–H groups in total. The SMILES string of the molecule is CCN=C(NC1C2CCOC2C12CCC2)N1CC(C)(C)C1(C)C. The van der Waals surface area contributed by atoms with Crippen LogP contribution in [0.25, 0.3) is 0 Å². The van der Waals surface area contributed by atoms with E-state index < -0.39 is 0 Å². The van der Waals surface area contributed by atoms with Crippen molar-refractivity contribution in [2.45, 2.75) is 78.0 Å². The van der Waals surface area contributed by atoms with E-state index in [4.69, 9.17) is 9.73 Å². The molecule has 2 heterocycles. The van der Waals surface area contributed by atoms with Gasteiger partial charge in [-0.05, 0) is 40.0 Å². The van der Waals surface area contributed by atoms with Crippen molar-refractivity contribution in [3.8, 4) is 0 Å². The van der Waals surface area contributed by atoms with Crippen molar-refractivity contribution >= 4 is 5.96 Å².